The summed E-state index contributed by atoms with van der Waals surface area (Å²) in [6.07, 6.45) is 3.94. The summed E-state index contributed by atoms with van der Waals surface area (Å²) in [5.41, 5.74) is 1.95. The highest BCUT2D eigenvalue weighted by atomic mass is 35.5. The summed E-state index contributed by atoms with van der Waals surface area (Å²) >= 11 is 12.0. The smallest absolute Gasteiger partial charge is 0.0768 e. The van der Waals surface area contributed by atoms with Crippen molar-refractivity contribution in [2.45, 2.75) is 12.8 Å². The average Bonchev–Trinajstić information content (AvgIpc) is 2.75. The van der Waals surface area contributed by atoms with Crippen LogP contribution in [0.1, 0.15) is 18.4 Å². The third-order valence-electron chi connectivity index (χ3n) is 2.45. The Labute approximate surface area is 105 Å². The Balaban J connectivity index is 2.05. The van der Waals surface area contributed by atoms with Crippen molar-refractivity contribution in [2.75, 3.05) is 13.1 Å². The van der Waals surface area contributed by atoms with Crippen LogP contribution in [0, 0.1) is 0 Å². The molecule has 2 rings (SSSR count). The van der Waals surface area contributed by atoms with E-state index in [2.05, 4.69) is 9.98 Å². The second kappa shape index (κ2) is 5.46. The molecule has 0 unspecified atom stereocenters. The zero-order valence-electron chi connectivity index (χ0n) is 8.79. The van der Waals surface area contributed by atoms with E-state index in [4.69, 9.17) is 23.2 Å². The molecule has 0 atom stereocenters. The van der Waals surface area contributed by atoms with Crippen molar-refractivity contribution in [3.05, 3.63) is 33.8 Å². The van der Waals surface area contributed by atoms with E-state index < -0.39 is 0 Å². The highest BCUT2D eigenvalue weighted by Crippen LogP contribution is 2.22. The van der Waals surface area contributed by atoms with E-state index in [0.717, 1.165) is 24.9 Å². The summed E-state index contributed by atoms with van der Waals surface area (Å²) in [6, 6.07) is 5.44. The van der Waals surface area contributed by atoms with Gasteiger partial charge in [0.1, 0.15) is 0 Å². The Morgan fingerprint density at radius 2 is 2.06 bits per heavy atom. The van der Waals surface area contributed by atoms with Crippen molar-refractivity contribution < 1.29 is 0 Å². The predicted molar refractivity (Wildman–Crippen MR) is 70.5 cm³/mol. The number of hydrogen-bond donors (Lipinski definition) is 0. The molecule has 0 spiro atoms. The molecule has 1 aromatic rings. The first-order chi connectivity index (χ1) is 7.77. The highest BCUT2D eigenvalue weighted by Gasteiger charge is 2.05. The lowest BCUT2D eigenvalue weighted by Gasteiger charge is -2.00. The van der Waals surface area contributed by atoms with Crippen molar-refractivity contribution >= 4 is 35.1 Å². The van der Waals surface area contributed by atoms with Gasteiger partial charge in [-0.15, -0.1) is 0 Å². The monoisotopic (exact) mass is 254 g/mol. The average molecular weight is 255 g/mol. The summed E-state index contributed by atoms with van der Waals surface area (Å²) in [6.45, 7) is 1.60. The molecule has 1 aliphatic rings. The normalized spacial score (nSPS) is 15.8. The predicted octanol–water partition coefficient (Wildman–Crippen LogP) is 3.65. The fourth-order valence-electron chi connectivity index (χ4n) is 1.60. The molecule has 0 N–H and O–H groups in total. The highest BCUT2D eigenvalue weighted by molar-refractivity contribution is 6.38. The Morgan fingerprint density at radius 1 is 1.31 bits per heavy atom. The van der Waals surface area contributed by atoms with Crippen LogP contribution in [0.2, 0.25) is 10.0 Å². The maximum absolute atomic E-state index is 6.02. The Bertz CT molecular complexity index is 418. The largest absolute Gasteiger partial charge is 0.292 e. The molecular weight excluding hydrogens is 243 g/mol. The van der Waals surface area contributed by atoms with Crippen LogP contribution in [0.5, 0.6) is 0 Å². The van der Waals surface area contributed by atoms with Gasteiger partial charge >= 0.3 is 0 Å². The summed E-state index contributed by atoms with van der Waals surface area (Å²) in [4.78, 5) is 8.67. The molecule has 4 heteroatoms. The van der Waals surface area contributed by atoms with Crippen molar-refractivity contribution in [2.24, 2.45) is 9.98 Å². The lowest BCUT2D eigenvalue weighted by Crippen LogP contribution is -1.98. The minimum Gasteiger partial charge on any atom is -0.292 e. The molecule has 0 amide bonds. The Morgan fingerprint density at radius 3 is 2.69 bits per heavy atom. The van der Waals surface area contributed by atoms with Crippen molar-refractivity contribution in [1.29, 1.82) is 0 Å². The second-order valence-electron chi connectivity index (χ2n) is 3.66. The van der Waals surface area contributed by atoms with Crippen LogP contribution >= 0.6 is 23.2 Å². The van der Waals surface area contributed by atoms with Crippen molar-refractivity contribution in [1.82, 2.24) is 0 Å². The lowest BCUT2D eigenvalue weighted by molar-refractivity contribution is 0.949. The van der Waals surface area contributed by atoms with Crippen LogP contribution in [0.15, 0.2) is 28.2 Å². The van der Waals surface area contributed by atoms with Crippen LogP contribution in [-0.2, 0) is 0 Å². The third kappa shape index (κ3) is 2.83. The second-order valence-corrected chi connectivity index (χ2v) is 4.47. The molecule has 0 saturated heterocycles. The van der Waals surface area contributed by atoms with Gasteiger partial charge < -0.3 is 0 Å². The Hall–Kier alpha value is -0.860. The van der Waals surface area contributed by atoms with Gasteiger partial charge in [0.05, 0.1) is 16.6 Å². The molecular formula is C12H12Cl2N2. The molecule has 0 saturated carbocycles. The van der Waals surface area contributed by atoms with Gasteiger partial charge in [0, 0.05) is 24.0 Å². The lowest BCUT2D eigenvalue weighted by atomic mass is 10.2. The van der Waals surface area contributed by atoms with E-state index >= 15 is 0 Å². The molecule has 0 bridgehead atoms. The molecule has 1 aromatic carbocycles. The fraction of sp³-hybridized carbons (Fsp3) is 0.333. The zero-order chi connectivity index (χ0) is 11.4. The van der Waals surface area contributed by atoms with Crippen LogP contribution in [0.3, 0.4) is 0 Å². The van der Waals surface area contributed by atoms with Crippen molar-refractivity contribution in [3.8, 4) is 0 Å². The van der Waals surface area contributed by atoms with Gasteiger partial charge in [0.2, 0.25) is 0 Å². The molecule has 0 radical (unpaired) electrons. The fourth-order valence-corrected chi connectivity index (χ4v) is 2.10. The molecule has 0 fully saturated rings. The van der Waals surface area contributed by atoms with Gasteiger partial charge in [-0.3, -0.25) is 9.98 Å². The van der Waals surface area contributed by atoms with Crippen LogP contribution in [-0.4, -0.2) is 25.0 Å². The number of aliphatic imine (C=N–C) groups is 2. The van der Waals surface area contributed by atoms with Gasteiger partial charge in [-0.1, -0.05) is 29.3 Å². The van der Waals surface area contributed by atoms with Crippen molar-refractivity contribution in [3.63, 3.8) is 0 Å². The quantitative estimate of drug-likeness (QED) is 0.736. The van der Waals surface area contributed by atoms with E-state index in [1.807, 2.05) is 18.2 Å². The van der Waals surface area contributed by atoms with Gasteiger partial charge in [-0.05, 0) is 25.0 Å². The third-order valence-corrected chi connectivity index (χ3v) is 3.11. The summed E-state index contributed by atoms with van der Waals surface area (Å²) in [7, 11) is 0. The van der Waals surface area contributed by atoms with Crippen LogP contribution in [0.25, 0.3) is 0 Å². The maximum atomic E-state index is 6.02. The van der Waals surface area contributed by atoms with E-state index in [1.54, 1.807) is 6.21 Å². The van der Waals surface area contributed by atoms with E-state index in [0.29, 0.717) is 16.6 Å². The molecule has 0 aliphatic carbocycles. The first-order valence-electron chi connectivity index (χ1n) is 5.23. The molecule has 16 heavy (non-hydrogen) atoms. The summed E-state index contributed by atoms with van der Waals surface area (Å²) in [5, 5.41) is 1.26. The first-order valence-corrected chi connectivity index (χ1v) is 5.99. The van der Waals surface area contributed by atoms with Crippen LogP contribution < -0.4 is 0 Å². The van der Waals surface area contributed by atoms with E-state index in [-0.39, 0.29) is 0 Å². The number of nitrogens with zero attached hydrogens (tertiary/aromatic N) is 2. The number of benzene rings is 1. The van der Waals surface area contributed by atoms with Gasteiger partial charge in [-0.2, -0.15) is 0 Å². The topological polar surface area (TPSA) is 24.7 Å². The van der Waals surface area contributed by atoms with Gasteiger partial charge in [-0.25, -0.2) is 0 Å². The molecule has 1 heterocycles. The number of hydrogen-bond acceptors (Lipinski definition) is 2. The van der Waals surface area contributed by atoms with E-state index in [9.17, 15) is 0 Å². The van der Waals surface area contributed by atoms with Crippen LogP contribution in [0.4, 0.5) is 0 Å². The first kappa shape index (κ1) is 11.6. The summed E-state index contributed by atoms with van der Waals surface area (Å²) < 4.78 is 0. The molecule has 2 nitrogen and oxygen atoms in total. The van der Waals surface area contributed by atoms with E-state index in [1.165, 1.54) is 5.71 Å². The van der Waals surface area contributed by atoms with Gasteiger partial charge in [0.25, 0.3) is 0 Å². The minimum absolute atomic E-state index is 0.629. The molecule has 84 valence electrons. The molecule has 1 aliphatic heterocycles. The minimum atomic E-state index is 0.629. The number of halogens is 2. The maximum Gasteiger partial charge on any atom is 0.0768 e. The number of rotatable bonds is 3. The zero-order valence-corrected chi connectivity index (χ0v) is 10.3. The van der Waals surface area contributed by atoms with Gasteiger partial charge in [0.15, 0.2) is 0 Å². The Kier molecular flexibility index (Phi) is 3.97. The summed E-state index contributed by atoms with van der Waals surface area (Å²) in [5.74, 6) is 0. The molecule has 0 aromatic heterocycles. The SMILES string of the molecule is Clc1cccc(Cl)c1C=NCC1=NCCC1. The standard InChI is InChI=1S/C12H12Cl2N2/c13-11-4-1-5-12(14)10(11)8-15-7-9-3-2-6-16-9/h1,4-5,8H,2-3,6-7H2.